The van der Waals surface area contributed by atoms with E-state index >= 15 is 0 Å². The van der Waals surface area contributed by atoms with Gasteiger partial charge in [-0.1, -0.05) is 18.2 Å². The largest absolute Gasteiger partial charge is 0.859 e. The number of nitrogens with one attached hydrogen (secondary N) is 2. The van der Waals surface area contributed by atoms with Crippen molar-refractivity contribution < 1.29 is 10.0 Å². The molecule has 1 aliphatic rings. The van der Waals surface area contributed by atoms with Crippen molar-refractivity contribution in [3.8, 4) is 11.6 Å². The molecule has 1 aromatic carbocycles. The van der Waals surface area contributed by atoms with Gasteiger partial charge in [-0.2, -0.15) is 0 Å². The molecule has 2 N–H and O–H groups in total. The third-order valence-electron chi connectivity index (χ3n) is 4.82. The zero-order valence-corrected chi connectivity index (χ0v) is 15.0. The van der Waals surface area contributed by atoms with Gasteiger partial charge in [-0.15, -0.1) is 0 Å². The van der Waals surface area contributed by atoms with Crippen molar-refractivity contribution in [1.82, 2.24) is 9.55 Å². The molecule has 1 fully saturated rings. The van der Waals surface area contributed by atoms with Crippen molar-refractivity contribution in [1.29, 1.82) is 0 Å². The van der Waals surface area contributed by atoms with Crippen molar-refractivity contribution in [2.75, 3.05) is 26.2 Å². The van der Waals surface area contributed by atoms with Gasteiger partial charge in [-0.3, -0.25) is 19.3 Å². The summed E-state index contributed by atoms with van der Waals surface area (Å²) < 4.78 is 0.978. The fourth-order valence-electron chi connectivity index (χ4n) is 3.41. The van der Waals surface area contributed by atoms with Crippen molar-refractivity contribution in [2.45, 2.75) is 26.2 Å². The van der Waals surface area contributed by atoms with E-state index in [4.69, 9.17) is 0 Å². The summed E-state index contributed by atoms with van der Waals surface area (Å²) >= 11 is 0. The molecule has 0 amide bonds. The lowest BCUT2D eigenvalue weighted by molar-refractivity contribution is -0.903. The van der Waals surface area contributed by atoms with E-state index in [1.165, 1.54) is 24.2 Å². The lowest BCUT2D eigenvalue weighted by Gasteiger charge is -2.23. The van der Waals surface area contributed by atoms with Crippen LogP contribution in [0.2, 0.25) is 0 Å². The molecule has 1 aromatic heterocycles. The van der Waals surface area contributed by atoms with E-state index in [1.54, 1.807) is 37.3 Å². The SMILES string of the molecule is CC(=NCC[NH+]1CCCCC1)c1c([O-])n(-c2ccccc2)c(=O)[nH]c1=O. The van der Waals surface area contributed by atoms with E-state index in [0.717, 1.165) is 24.2 Å². The molecule has 0 saturated carbocycles. The highest BCUT2D eigenvalue weighted by molar-refractivity contribution is 6.00. The van der Waals surface area contributed by atoms with Gasteiger partial charge in [0.1, 0.15) is 0 Å². The van der Waals surface area contributed by atoms with Crippen LogP contribution in [0.4, 0.5) is 0 Å². The van der Waals surface area contributed by atoms with Gasteiger partial charge in [0, 0.05) is 11.4 Å². The first-order chi connectivity index (χ1) is 12.6. The van der Waals surface area contributed by atoms with Gasteiger partial charge in [0.2, 0.25) is 0 Å². The summed E-state index contributed by atoms with van der Waals surface area (Å²) in [7, 11) is 0. The Morgan fingerprint density at radius 3 is 2.58 bits per heavy atom. The molecule has 0 spiro atoms. The van der Waals surface area contributed by atoms with Gasteiger partial charge in [0.25, 0.3) is 5.56 Å². The highest BCUT2D eigenvalue weighted by Gasteiger charge is 2.14. The Kier molecular flexibility index (Phi) is 5.68. The number of benzene rings is 1. The van der Waals surface area contributed by atoms with E-state index in [2.05, 4.69) is 9.98 Å². The van der Waals surface area contributed by atoms with Crippen LogP contribution in [0.1, 0.15) is 31.7 Å². The summed E-state index contributed by atoms with van der Waals surface area (Å²) in [6.45, 7) is 5.41. The highest BCUT2D eigenvalue weighted by atomic mass is 16.3. The van der Waals surface area contributed by atoms with Crippen LogP contribution in [0, 0.1) is 0 Å². The molecule has 2 heterocycles. The van der Waals surface area contributed by atoms with Crippen molar-refractivity contribution in [3.63, 3.8) is 0 Å². The van der Waals surface area contributed by atoms with Gasteiger partial charge < -0.3 is 10.0 Å². The number of para-hydroxylation sites is 1. The predicted octanol–water partition coefficient (Wildman–Crippen LogP) is -0.523. The Morgan fingerprint density at radius 1 is 1.19 bits per heavy atom. The second kappa shape index (κ2) is 8.14. The highest BCUT2D eigenvalue weighted by Crippen LogP contribution is 2.14. The van der Waals surface area contributed by atoms with Crippen LogP contribution in [0.5, 0.6) is 5.88 Å². The fourth-order valence-corrected chi connectivity index (χ4v) is 3.41. The first-order valence-electron chi connectivity index (χ1n) is 9.04. The number of rotatable bonds is 5. The number of aromatic amines is 1. The average Bonchev–Trinajstić information content (AvgIpc) is 2.63. The lowest BCUT2D eigenvalue weighted by atomic mass is 10.1. The second-order valence-corrected chi connectivity index (χ2v) is 6.64. The van der Waals surface area contributed by atoms with Crippen molar-refractivity contribution in [3.05, 3.63) is 56.7 Å². The summed E-state index contributed by atoms with van der Waals surface area (Å²) in [5.74, 6) is -0.628. The van der Waals surface area contributed by atoms with Gasteiger partial charge >= 0.3 is 5.69 Å². The fraction of sp³-hybridized carbons (Fsp3) is 0.421. The van der Waals surface area contributed by atoms with E-state index in [9.17, 15) is 14.7 Å². The third kappa shape index (κ3) is 3.94. The Hall–Kier alpha value is -2.67. The molecule has 7 heteroatoms. The molecule has 0 radical (unpaired) electrons. The Labute approximate surface area is 151 Å². The van der Waals surface area contributed by atoms with Crippen molar-refractivity contribution in [2.24, 2.45) is 4.99 Å². The van der Waals surface area contributed by atoms with Crippen molar-refractivity contribution >= 4 is 5.71 Å². The standard InChI is InChI=1S/C19H24N4O3/c1-14(20-10-13-22-11-6-3-7-12-22)16-17(24)21-19(26)23(18(16)25)15-8-4-2-5-9-15/h2,4-5,8-9,25H,3,6-7,10-13H2,1H3,(H,21,24,26). The number of likely N-dealkylation sites (tertiary alicyclic amines) is 1. The normalized spacial score (nSPS) is 16.0. The molecule has 0 bridgehead atoms. The van der Waals surface area contributed by atoms with E-state index in [-0.39, 0.29) is 5.56 Å². The molecule has 7 nitrogen and oxygen atoms in total. The molecule has 138 valence electrons. The van der Waals surface area contributed by atoms with E-state index in [1.807, 2.05) is 0 Å². The number of aromatic nitrogens is 2. The van der Waals surface area contributed by atoms with Crippen LogP contribution in [-0.4, -0.2) is 41.4 Å². The quantitative estimate of drug-likeness (QED) is 0.706. The first-order valence-corrected chi connectivity index (χ1v) is 9.04. The molecular formula is C19H24N4O3. The average molecular weight is 356 g/mol. The lowest BCUT2D eigenvalue weighted by Crippen LogP contribution is -3.13. The van der Waals surface area contributed by atoms with Gasteiger partial charge in [-0.05, 0) is 44.2 Å². The smallest absolute Gasteiger partial charge is 0.332 e. The van der Waals surface area contributed by atoms with Crippen LogP contribution in [-0.2, 0) is 0 Å². The minimum Gasteiger partial charge on any atom is -0.859 e. The third-order valence-corrected chi connectivity index (χ3v) is 4.82. The Morgan fingerprint density at radius 2 is 1.88 bits per heavy atom. The van der Waals surface area contributed by atoms with Crippen LogP contribution in [0.15, 0.2) is 44.9 Å². The molecular weight excluding hydrogens is 332 g/mol. The predicted molar refractivity (Wildman–Crippen MR) is 98.6 cm³/mol. The van der Waals surface area contributed by atoms with Crippen LogP contribution < -0.4 is 21.3 Å². The number of H-pyrrole nitrogens is 1. The molecule has 26 heavy (non-hydrogen) atoms. The minimum absolute atomic E-state index is 0.0675. The minimum atomic E-state index is -0.736. The zero-order chi connectivity index (χ0) is 18.5. The summed E-state index contributed by atoms with van der Waals surface area (Å²) in [5, 5.41) is 12.8. The van der Waals surface area contributed by atoms with Crippen LogP contribution >= 0.6 is 0 Å². The summed E-state index contributed by atoms with van der Waals surface area (Å²) in [6.07, 6.45) is 3.77. The summed E-state index contributed by atoms with van der Waals surface area (Å²) in [5.41, 5.74) is -0.690. The molecule has 2 aromatic rings. The number of hydrogen-bond acceptors (Lipinski definition) is 4. The second-order valence-electron chi connectivity index (χ2n) is 6.64. The molecule has 1 saturated heterocycles. The molecule has 0 aliphatic carbocycles. The topological polar surface area (TPSA) is 94.7 Å². The maximum atomic E-state index is 12.8. The number of quaternary nitrogens is 1. The maximum absolute atomic E-state index is 12.8. The number of nitrogens with zero attached hydrogens (tertiary/aromatic N) is 2. The molecule has 0 atom stereocenters. The van der Waals surface area contributed by atoms with Gasteiger partial charge in [0.05, 0.1) is 31.7 Å². The van der Waals surface area contributed by atoms with E-state index in [0.29, 0.717) is 17.9 Å². The number of aliphatic imine (C=N–C) groups is 1. The molecule has 0 unspecified atom stereocenters. The first kappa shape index (κ1) is 18.1. The van der Waals surface area contributed by atoms with Crippen LogP contribution in [0.3, 0.4) is 0 Å². The summed E-state index contributed by atoms with van der Waals surface area (Å²) in [4.78, 5) is 32.5. The Balaban J connectivity index is 1.88. The van der Waals surface area contributed by atoms with Gasteiger partial charge in [-0.25, -0.2) is 4.79 Å². The monoisotopic (exact) mass is 356 g/mol. The maximum Gasteiger partial charge on any atom is 0.332 e. The van der Waals surface area contributed by atoms with Gasteiger partial charge in [0.15, 0.2) is 0 Å². The zero-order valence-electron chi connectivity index (χ0n) is 15.0. The number of hydrogen-bond donors (Lipinski definition) is 2. The Bertz CT molecular complexity index is 893. The van der Waals surface area contributed by atoms with E-state index < -0.39 is 17.1 Å². The molecule has 3 rings (SSSR count). The summed E-state index contributed by atoms with van der Waals surface area (Å²) in [6, 6.07) is 8.55. The molecule has 1 aliphatic heterocycles. The number of piperidine rings is 1. The van der Waals surface area contributed by atoms with Crippen LogP contribution in [0.25, 0.3) is 5.69 Å².